The number of rotatable bonds is 5. The molecule has 10 nitrogen and oxygen atoms in total. The number of halogens is 1. The van der Waals surface area contributed by atoms with Gasteiger partial charge in [-0.3, -0.25) is 0 Å². The number of amides is 2. The zero-order valence-corrected chi connectivity index (χ0v) is 15.0. The number of aromatic nitrogens is 2. The van der Waals surface area contributed by atoms with E-state index in [2.05, 4.69) is 10.2 Å². The first-order valence-electron chi connectivity index (χ1n) is 8.55. The van der Waals surface area contributed by atoms with Crippen molar-refractivity contribution in [1.82, 2.24) is 20.0 Å². The highest BCUT2D eigenvalue weighted by atomic mass is 19.1. The monoisotopic (exact) mass is 394 g/mol. The van der Waals surface area contributed by atoms with Gasteiger partial charge in [0, 0.05) is 33.0 Å². The van der Waals surface area contributed by atoms with Crippen molar-refractivity contribution in [2.75, 3.05) is 26.2 Å². The summed E-state index contributed by atoms with van der Waals surface area (Å²) in [6.07, 6.45) is -1.91. The Hall–Kier alpha value is -3.37. The molecule has 3 rings (SSSR count). The minimum absolute atomic E-state index is 0.0295. The lowest BCUT2D eigenvalue weighted by Gasteiger charge is -2.38. The zero-order valence-electron chi connectivity index (χ0n) is 15.0. The molecule has 2 N–H and O–H groups in total. The first kappa shape index (κ1) is 19.4. The van der Waals surface area contributed by atoms with E-state index in [9.17, 15) is 19.1 Å². The summed E-state index contributed by atoms with van der Waals surface area (Å²) in [7, 11) is 0. The molecular weight excluding hydrogens is 375 g/mol. The van der Waals surface area contributed by atoms with E-state index >= 15 is 0 Å². The topological polar surface area (TPSA) is 129 Å². The number of benzene rings is 1. The second-order valence-corrected chi connectivity index (χ2v) is 6.26. The van der Waals surface area contributed by atoms with Crippen LogP contribution < -0.4 is 4.74 Å². The predicted molar refractivity (Wildman–Crippen MR) is 92.7 cm³/mol. The Balaban J connectivity index is 1.65. The molecule has 2 heterocycles. The van der Waals surface area contributed by atoms with Crippen LogP contribution in [0.1, 0.15) is 12.3 Å². The maximum Gasteiger partial charge on any atom is 0.407 e. The summed E-state index contributed by atoms with van der Waals surface area (Å²) in [6, 6.07) is 3.53. The Morgan fingerprint density at radius 3 is 2.71 bits per heavy atom. The number of piperazine rings is 1. The lowest BCUT2D eigenvalue weighted by molar-refractivity contribution is 0.0562. The Labute approximate surface area is 159 Å². The van der Waals surface area contributed by atoms with Gasteiger partial charge in [0.05, 0.1) is 18.2 Å². The van der Waals surface area contributed by atoms with E-state index in [1.54, 1.807) is 6.92 Å². The highest BCUT2D eigenvalue weighted by Crippen LogP contribution is 2.26. The van der Waals surface area contributed by atoms with Crippen molar-refractivity contribution in [3.05, 3.63) is 29.9 Å². The number of hydrogen-bond donors (Lipinski definition) is 2. The van der Waals surface area contributed by atoms with Crippen LogP contribution in [0.15, 0.2) is 22.6 Å². The van der Waals surface area contributed by atoms with Gasteiger partial charge in [-0.15, -0.1) is 10.2 Å². The molecule has 1 aliphatic heterocycles. The number of nitrogens with zero attached hydrogens (tertiary/aromatic N) is 4. The van der Waals surface area contributed by atoms with Gasteiger partial charge in [-0.1, -0.05) is 0 Å². The van der Waals surface area contributed by atoms with E-state index in [4.69, 9.17) is 14.3 Å². The van der Waals surface area contributed by atoms with Gasteiger partial charge in [0.2, 0.25) is 5.89 Å². The lowest BCUT2D eigenvalue weighted by atomic mass is 10.1. The van der Waals surface area contributed by atoms with Crippen LogP contribution in [0, 0.1) is 12.7 Å². The third-order valence-electron chi connectivity index (χ3n) is 4.41. The van der Waals surface area contributed by atoms with Gasteiger partial charge >= 0.3 is 12.2 Å². The van der Waals surface area contributed by atoms with E-state index in [-0.39, 0.29) is 44.1 Å². The van der Waals surface area contributed by atoms with Gasteiger partial charge < -0.3 is 29.2 Å². The van der Waals surface area contributed by atoms with Crippen LogP contribution in [-0.2, 0) is 0 Å². The van der Waals surface area contributed by atoms with Crippen LogP contribution in [0.2, 0.25) is 0 Å². The molecule has 1 aromatic carbocycles. The fourth-order valence-electron chi connectivity index (χ4n) is 3.00. The summed E-state index contributed by atoms with van der Waals surface area (Å²) >= 11 is 0. The van der Waals surface area contributed by atoms with Gasteiger partial charge in [0.25, 0.3) is 5.89 Å². The summed E-state index contributed by atoms with van der Waals surface area (Å²) < 4.78 is 24.9. The summed E-state index contributed by atoms with van der Waals surface area (Å²) in [5, 5.41) is 25.9. The van der Waals surface area contributed by atoms with Gasteiger partial charge in [-0.05, 0) is 18.2 Å². The summed E-state index contributed by atoms with van der Waals surface area (Å²) in [5.41, 5.74) is 0.0972. The highest BCUT2D eigenvalue weighted by Gasteiger charge is 2.32. The predicted octanol–water partition coefficient (Wildman–Crippen LogP) is 2.30. The maximum absolute atomic E-state index is 14.0. The van der Waals surface area contributed by atoms with Crippen molar-refractivity contribution in [3.8, 4) is 17.2 Å². The molecule has 0 aliphatic carbocycles. The average Bonchev–Trinajstić information content (AvgIpc) is 3.09. The minimum Gasteiger partial charge on any atom is -0.493 e. The van der Waals surface area contributed by atoms with Crippen LogP contribution in [0.4, 0.5) is 14.0 Å². The Kier molecular flexibility index (Phi) is 5.62. The van der Waals surface area contributed by atoms with Crippen molar-refractivity contribution in [3.63, 3.8) is 0 Å². The fourth-order valence-corrected chi connectivity index (χ4v) is 3.00. The SMILES string of the molecule is Cc1nnc(-c2cc(OCC[C@@H]3CN(C(=O)O)CCN3C(=O)O)ccc2F)o1. The van der Waals surface area contributed by atoms with Crippen molar-refractivity contribution in [1.29, 1.82) is 0 Å². The smallest absolute Gasteiger partial charge is 0.407 e. The Morgan fingerprint density at radius 2 is 2.07 bits per heavy atom. The molecule has 0 unspecified atom stereocenters. The van der Waals surface area contributed by atoms with Gasteiger partial charge in [0.15, 0.2) is 0 Å². The third kappa shape index (κ3) is 4.30. The maximum atomic E-state index is 14.0. The molecule has 1 atom stereocenters. The van der Waals surface area contributed by atoms with E-state index in [1.807, 2.05) is 0 Å². The summed E-state index contributed by atoms with van der Waals surface area (Å²) in [4.78, 5) is 24.9. The fraction of sp³-hybridized carbons (Fsp3) is 0.412. The lowest BCUT2D eigenvalue weighted by Crippen LogP contribution is -2.56. The standard InChI is InChI=1S/C17H19FN4O6/c1-10-19-20-15(28-10)13-8-12(2-3-14(13)18)27-7-4-11-9-21(16(23)24)5-6-22(11)17(25)26/h2-3,8,11H,4-7,9H2,1H3,(H,23,24)(H,25,26)/t11-/m1/s1. The van der Waals surface area contributed by atoms with Crippen LogP contribution >= 0.6 is 0 Å². The third-order valence-corrected chi connectivity index (χ3v) is 4.41. The van der Waals surface area contributed by atoms with E-state index in [0.717, 1.165) is 0 Å². The first-order valence-corrected chi connectivity index (χ1v) is 8.55. The van der Waals surface area contributed by atoms with Crippen molar-refractivity contribution < 1.29 is 33.3 Å². The Morgan fingerprint density at radius 1 is 1.29 bits per heavy atom. The van der Waals surface area contributed by atoms with E-state index in [1.165, 1.54) is 28.0 Å². The number of carboxylic acid groups (broad SMARTS) is 2. The van der Waals surface area contributed by atoms with Crippen LogP contribution in [0.5, 0.6) is 5.75 Å². The summed E-state index contributed by atoms with van der Waals surface area (Å²) in [5.74, 6) is 0.133. The number of ether oxygens (including phenoxy) is 1. The molecule has 28 heavy (non-hydrogen) atoms. The number of carbonyl (C=O) groups is 2. The molecule has 0 radical (unpaired) electrons. The second kappa shape index (κ2) is 8.11. The number of aryl methyl sites for hydroxylation is 1. The van der Waals surface area contributed by atoms with E-state index < -0.39 is 24.0 Å². The minimum atomic E-state index is -1.11. The van der Waals surface area contributed by atoms with Gasteiger partial charge in [-0.25, -0.2) is 14.0 Å². The Bertz CT molecular complexity index is 873. The molecule has 0 bridgehead atoms. The first-order chi connectivity index (χ1) is 13.3. The van der Waals surface area contributed by atoms with Gasteiger partial charge in [0.1, 0.15) is 11.6 Å². The molecule has 11 heteroatoms. The highest BCUT2D eigenvalue weighted by molar-refractivity contribution is 5.68. The quantitative estimate of drug-likeness (QED) is 0.790. The number of hydrogen-bond acceptors (Lipinski definition) is 6. The van der Waals surface area contributed by atoms with Gasteiger partial charge in [-0.2, -0.15) is 0 Å². The molecule has 1 aliphatic rings. The second-order valence-electron chi connectivity index (χ2n) is 6.26. The van der Waals surface area contributed by atoms with Crippen LogP contribution in [0.3, 0.4) is 0 Å². The van der Waals surface area contributed by atoms with Crippen LogP contribution in [-0.4, -0.2) is 74.7 Å². The molecular formula is C17H19FN4O6. The normalized spacial score (nSPS) is 16.9. The molecule has 1 saturated heterocycles. The van der Waals surface area contributed by atoms with Crippen molar-refractivity contribution in [2.24, 2.45) is 0 Å². The molecule has 1 fully saturated rings. The van der Waals surface area contributed by atoms with Crippen molar-refractivity contribution in [2.45, 2.75) is 19.4 Å². The molecule has 0 saturated carbocycles. The largest absolute Gasteiger partial charge is 0.493 e. The molecule has 0 spiro atoms. The van der Waals surface area contributed by atoms with E-state index in [0.29, 0.717) is 11.6 Å². The summed E-state index contributed by atoms with van der Waals surface area (Å²) in [6.45, 7) is 2.01. The molecule has 1 aromatic heterocycles. The average molecular weight is 394 g/mol. The molecule has 2 aromatic rings. The van der Waals surface area contributed by atoms with Crippen LogP contribution in [0.25, 0.3) is 11.5 Å². The zero-order chi connectivity index (χ0) is 20.3. The molecule has 150 valence electrons. The van der Waals surface area contributed by atoms with Crippen molar-refractivity contribution >= 4 is 12.2 Å². The molecule has 2 amide bonds.